The van der Waals surface area contributed by atoms with Crippen molar-refractivity contribution in [1.82, 2.24) is 0 Å². The number of carbonyl (C=O) groups excluding carboxylic acids is 1. The molecular formula is C15H14Cl2N2O. The molecule has 0 fully saturated rings. The van der Waals surface area contributed by atoms with Crippen molar-refractivity contribution in [3.63, 3.8) is 0 Å². The number of hydrogen-bond donors (Lipinski definition) is 2. The van der Waals surface area contributed by atoms with Gasteiger partial charge in [0, 0.05) is 22.3 Å². The van der Waals surface area contributed by atoms with E-state index in [2.05, 4.69) is 5.32 Å². The number of nitrogens with two attached hydrogens (primary N) is 1. The Morgan fingerprint density at radius 2 is 1.85 bits per heavy atom. The van der Waals surface area contributed by atoms with Crippen LogP contribution in [0.15, 0.2) is 42.5 Å². The molecule has 0 spiro atoms. The first kappa shape index (κ1) is 14.7. The summed E-state index contributed by atoms with van der Waals surface area (Å²) in [6, 6.07) is 12.9. The number of hydrogen-bond acceptors (Lipinski definition) is 2. The van der Waals surface area contributed by atoms with Crippen LogP contribution in [0.25, 0.3) is 0 Å². The van der Waals surface area contributed by atoms with Gasteiger partial charge >= 0.3 is 0 Å². The molecule has 0 heterocycles. The summed E-state index contributed by atoms with van der Waals surface area (Å²) in [6.45, 7) is 0.547. The standard InChI is InChI=1S/C15H14Cl2N2O/c16-12-6-5-11(13(17)8-12)9-19-14-4-2-1-3-10(14)7-15(18)20/h1-6,8,19H,7,9H2,(H2,18,20). The Morgan fingerprint density at radius 1 is 1.10 bits per heavy atom. The second-order valence-corrected chi connectivity index (χ2v) is 5.23. The van der Waals surface area contributed by atoms with E-state index in [9.17, 15) is 4.79 Å². The van der Waals surface area contributed by atoms with Crippen LogP contribution in [0, 0.1) is 0 Å². The number of anilines is 1. The zero-order chi connectivity index (χ0) is 14.5. The molecule has 3 N–H and O–H groups in total. The summed E-state index contributed by atoms with van der Waals surface area (Å²) in [5.41, 5.74) is 7.91. The van der Waals surface area contributed by atoms with E-state index in [-0.39, 0.29) is 12.3 Å². The van der Waals surface area contributed by atoms with Crippen molar-refractivity contribution in [2.24, 2.45) is 5.73 Å². The van der Waals surface area contributed by atoms with E-state index >= 15 is 0 Å². The highest BCUT2D eigenvalue weighted by Gasteiger charge is 2.06. The van der Waals surface area contributed by atoms with E-state index in [1.807, 2.05) is 30.3 Å². The Labute approximate surface area is 127 Å². The SMILES string of the molecule is NC(=O)Cc1ccccc1NCc1ccc(Cl)cc1Cl. The number of benzene rings is 2. The fourth-order valence-electron chi connectivity index (χ4n) is 1.89. The number of carbonyl (C=O) groups is 1. The molecule has 2 aromatic rings. The Balaban J connectivity index is 2.12. The average Bonchev–Trinajstić information content (AvgIpc) is 2.39. The van der Waals surface area contributed by atoms with Gasteiger partial charge in [0.15, 0.2) is 0 Å². The summed E-state index contributed by atoms with van der Waals surface area (Å²) in [6.07, 6.45) is 0.206. The summed E-state index contributed by atoms with van der Waals surface area (Å²) >= 11 is 12.0. The molecule has 1 amide bonds. The molecule has 2 rings (SSSR count). The summed E-state index contributed by atoms with van der Waals surface area (Å²) in [5, 5.41) is 4.47. The van der Waals surface area contributed by atoms with Gasteiger partial charge in [-0.3, -0.25) is 4.79 Å². The Bertz CT molecular complexity index is 629. The zero-order valence-corrected chi connectivity index (χ0v) is 12.2. The van der Waals surface area contributed by atoms with Crippen LogP contribution in [-0.2, 0) is 17.8 Å². The Morgan fingerprint density at radius 3 is 2.55 bits per heavy atom. The van der Waals surface area contributed by atoms with E-state index in [4.69, 9.17) is 28.9 Å². The molecule has 3 nitrogen and oxygen atoms in total. The highest BCUT2D eigenvalue weighted by atomic mass is 35.5. The number of amides is 1. The van der Waals surface area contributed by atoms with Gasteiger partial charge in [-0.25, -0.2) is 0 Å². The van der Waals surface area contributed by atoms with E-state index < -0.39 is 0 Å². The van der Waals surface area contributed by atoms with Gasteiger partial charge in [-0.2, -0.15) is 0 Å². The number of halogens is 2. The minimum absolute atomic E-state index is 0.206. The largest absolute Gasteiger partial charge is 0.381 e. The van der Waals surface area contributed by atoms with Gasteiger partial charge in [0.1, 0.15) is 0 Å². The molecule has 0 saturated heterocycles. The predicted octanol–water partition coefficient (Wildman–Crippen LogP) is 3.63. The Kier molecular flexibility index (Phi) is 4.88. The fourth-order valence-corrected chi connectivity index (χ4v) is 2.37. The first-order chi connectivity index (χ1) is 9.56. The first-order valence-corrected chi connectivity index (χ1v) is 6.86. The minimum atomic E-state index is -0.358. The maximum absolute atomic E-state index is 11.0. The second kappa shape index (κ2) is 6.64. The topological polar surface area (TPSA) is 55.1 Å². The lowest BCUT2D eigenvalue weighted by molar-refractivity contribution is -0.117. The normalized spacial score (nSPS) is 10.3. The highest BCUT2D eigenvalue weighted by molar-refractivity contribution is 6.35. The van der Waals surface area contributed by atoms with Gasteiger partial charge in [0.05, 0.1) is 6.42 Å². The minimum Gasteiger partial charge on any atom is -0.381 e. The van der Waals surface area contributed by atoms with Crippen molar-refractivity contribution in [3.8, 4) is 0 Å². The third kappa shape index (κ3) is 3.89. The zero-order valence-electron chi connectivity index (χ0n) is 10.7. The summed E-state index contributed by atoms with van der Waals surface area (Å²) < 4.78 is 0. The van der Waals surface area contributed by atoms with Crippen LogP contribution in [0.4, 0.5) is 5.69 Å². The monoisotopic (exact) mass is 308 g/mol. The molecule has 0 bridgehead atoms. The maximum Gasteiger partial charge on any atom is 0.221 e. The molecule has 0 aromatic heterocycles. The molecule has 20 heavy (non-hydrogen) atoms. The van der Waals surface area contributed by atoms with Crippen LogP contribution < -0.4 is 11.1 Å². The summed E-state index contributed by atoms with van der Waals surface area (Å²) in [5.74, 6) is -0.358. The van der Waals surface area contributed by atoms with Crippen LogP contribution in [0.5, 0.6) is 0 Å². The molecule has 0 atom stereocenters. The van der Waals surface area contributed by atoms with Crippen LogP contribution in [0.2, 0.25) is 10.0 Å². The molecule has 5 heteroatoms. The smallest absolute Gasteiger partial charge is 0.221 e. The van der Waals surface area contributed by atoms with Gasteiger partial charge in [-0.15, -0.1) is 0 Å². The quantitative estimate of drug-likeness (QED) is 0.886. The van der Waals surface area contributed by atoms with Crippen molar-refractivity contribution >= 4 is 34.8 Å². The molecule has 0 saturated carbocycles. The van der Waals surface area contributed by atoms with E-state index in [1.165, 1.54) is 0 Å². The third-order valence-corrected chi connectivity index (χ3v) is 3.45. The molecule has 0 aliphatic rings. The van der Waals surface area contributed by atoms with Crippen molar-refractivity contribution in [3.05, 3.63) is 63.6 Å². The third-order valence-electron chi connectivity index (χ3n) is 2.87. The van der Waals surface area contributed by atoms with E-state index in [0.717, 1.165) is 16.8 Å². The number of nitrogens with one attached hydrogen (secondary N) is 1. The molecule has 104 valence electrons. The molecule has 0 aliphatic carbocycles. The lowest BCUT2D eigenvalue weighted by Crippen LogP contribution is -2.15. The summed E-state index contributed by atoms with van der Waals surface area (Å²) in [7, 11) is 0. The highest BCUT2D eigenvalue weighted by Crippen LogP contribution is 2.23. The van der Waals surface area contributed by atoms with Gasteiger partial charge in [-0.05, 0) is 29.3 Å². The molecular weight excluding hydrogens is 295 g/mol. The van der Waals surface area contributed by atoms with Crippen LogP contribution in [-0.4, -0.2) is 5.91 Å². The van der Waals surface area contributed by atoms with Crippen LogP contribution in [0.3, 0.4) is 0 Å². The lowest BCUT2D eigenvalue weighted by Gasteiger charge is -2.12. The van der Waals surface area contributed by atoms with Crippen molar-refractivity contribution in [2.45, 2.75) is 13.0 Å². The van der Waals surface area contributed by atoms with Gasteiger partial charge in [0.2, 0.25) is 5.91 Å². The number of rotatable bonds is 5. The molecule has 0 aliphatic heterocycles. The van der Waals surface area contributed by atoms with Crippen molar-refractivity contribution in [2.75, 3.05) is 5.32 Å². The van der Waals surface area contributed by atoms with Gasteiger partial charge in [-0.1, -0.05) is 47.5 Å². The van der Waals surface area contributed by atoms with Crippen molar-refractivity contribution < 1.29 is 4.79 Å². The average molecular weight is 309 g/mol. The predicted molar refractivity (Wildman–Crippen MR) is 83.1 cm³/mol. The first-order valence-electron chi connectivity index (χ1n) is 6.10. The second-order valence-electron chi connectivity index (χ2n) is 4.39. The summed E-state index contributed by atoms with van der Waals surface area (Å²) in [4.78, 5) is 11.0. The number of para-hydroxylation sites is 1. The maximum atomic E-state index is 11.0. The van der Waals surface area contributed by atoms with E-state index in [0.29, 0.717) is 16.6 Å². The lowest BCUT2D eigenvalue weighted by atomic mass is 10.1. The van der Waals surface area contributed by atoms with Crippen molar-refractivity contribution in [1.29, 1.82) is 0 Å². The van der Waals surface area contributed by atoms with Gasteiger partial charge < -0.3 is 11.1 Å². The molecule has 2 aromatic carbocycles. The van der Waals surface area contributed by atoms with Crippen LogP contribution >= 0.6 is 23.2 Å². The number of primary amides is 1. The van der Waals surface area contributed by atoms with Crippen LogP contribution in [0.1, 0.15) is 11.1 Å². The fraction of sp³-hybridized carbons (Fsp3) is 0.133. The molecule has 0 radical (unpaired) electrons. The molecule has 0 unspecified atom stereocenters. The van der Waals surface area contributed by atoms with E-state index in [1.54, 1.807) is 12.1 Å². The van der Waals surface area contributed by atoms with Gasteiger partial charge in [0.25, 0.3) is 0 Å². The Hall–Kier alpha value is -1.71.